The van der Waals surface area contributed by atoms with E-state index in [1.165, 1.54) is 17.8 Å². The van der Waals surface area contributed by atoms with Crippen LogP contribution in [0.1, 0.15) is 5.56 Å². The summed E-state index contributed by atoms with van der Waals surface area (Å²) >= 11 is 1.45. The zero-order chi connectivity index (χ0) is 25.2. The van der Waals surface area contributed by atoms with Crippen LogP contribution >= 0.6 is 11.8 Å². The first-order valence-corrected chi connectivity index (χ1v) is 12.0. The molecule has 1 aromatic carbocycles. The molecule has 188 valence electrons. The molecule has 0 aliphatic rings. The van der Waals surface area contributed by atoms with Gasteiger partial charge in [0.2, 0.25) is 11.7 Å². The highest BCUT2D eigenvalue weighted by atomic mass is 32.2. The zero-order valence-corrected chi connectivity index (χ0v) is 21.3. The lowest BCUT2D eigenvalue weighted by atomic mass is 10.1. The molecular formula is C23H30N6O5S. The van der Waals surface area contributed by atoms with Crippen molar-refractivity contribution in [2.24, 2.45) is 0 Å². The minimum atomic E-state index is -0.239. The van der Waals surface area contributed by atoms with Crippen molar-refractivity contribution in [3.05, 3.63) is 30.0 Å². The molecular weight excluding hydrogens is 472 g/mol. The molecule has 0 aliphatic heterocycles. The second kappa shape index (κ2) is 12.8. The van der Waals surface area contributed by atoms with Gasteiger partial charge in [-0.15, -0.1) is 0 Å². The minimum Gasteiger partial charge on any atom is -0.493 e. The summed E-state index contributed by atoms with van der Waals surface area (Å²) in [5.74, 6) is 1.99. The van der Waals surface area contributed by atoms with Crippen LogP contribution in [0.2, 0.25) is 0 Å². The summed E-state index contributed by atoms with van der Waals surface area (Å²) in [5.41, 5.74) is 1.44. The maximum Gasteiger partial charge on any atom is 0.244 e. The Hall–Kier alpha value is -3.51. The maximum absolute atomic E-state index is 12.4. The molecule has 2 aromatic heterocycles. The second-order valence-corrected chi connectivity index (χ2v) is 7.94. The molecule has 0 saturated carbocycles. The molecule has 0 atom stereocenters. The van der Waals surface area contributed by atoms with Gasteiger partial charge in [-0.2, -0.15) is 5.10 Å². The number of nitrogens with one attached hydrogen (secondary N) is 2. The number of aromatic nitrogens is 4. The van der Waals surface area contributed by atoms with Crippen LogP contribution in [0.4, 0.5) is 5.82 Å². The molecule has 0 spiro atoms. The Morgan fingerprint density at radius 2 is 1.83 bits per heavy atom. The monoisotopic (exact) mass is 502 g/mol. The van der Waals surface area contributed by atoms with Crippen LogP contribution in [0.25, 0.3) is 17.1 Å². The van der Waals surface area contributed by atoms with Gasteiger partial charge in [0.25, 0.3) is 0 Å². The van der Waals surface area contributed by atoms with E-state index in [0.29, 0.717) is 60.1 Å². The van der Waals surface area contributed by atoms with Gasteiger partial charge in [-0.1, -0.05) is 11.8 Å². The molecule has 0 saturated heterocycles. The number of anilines is 1. The van der Waals surface area contributed by atoms with Crippen LogP contribution in [0, 0.1) is 0 Å². The molecule has 0 fully saturated rings. The minimum absolute atomic E-state index is 0.239. The van der Waals surface area contributed by atoms with Crippen LogP contribution in [-0.2, 0) is 16.1 Å². The SMILES string of the molecule is COCCNc1nc(SC)nc2c1cnn2CCNC(=O)C=Cc1cc(OC)c(OC)c(OC)c1. The Labute approximate surface area is 208 Å². The summed E-state index contributed by atoms with van der Waals surface area (Å²) in [6.07, 6.45) is 6.77. The van der Waals surface area contributed by atoms with Crippen molar-refractivity contribution in [2.75, 3.05) is 59.7 Å². The average molecular weight is 503 g/mol. The molecule has 35 heavy (non-hydrogen) atoms. The number of rotatable bonds is 13. The summed E-state index contributed by atoms with van der Waals surface area (Å²) in [6.45, 7) is 2.01. The topological polar surface area (TPSA) is 122 Å². The number of carbonyl (C=O) groups excluding carboxylic acids is 1. The van der Waals surface area contributed by atoms with Gasteiger partial charge in [-0.05, 0) is 30.0 Å². The highest BCUT2D eigenvalue weighted by molar-refractivity contribution is 7.98. The number of thioether (sulfide) groups is 1. The lowest BCUT2D eigenvalue weighted by molar-refractivity contribution is -0.116. The first-order valence-electron chi connectivity index (χ1n) is 10.8. The third kappa shape index (κ3) is 6.55. The van der Waals surface area contributed by atoms with Crippen LogP contribution in [0.15, 0.2) is 29.6 Å². The standard InChI is InChI=1S/C23H30N6O5S/c1-31-11-9-25-21-16-14-26-29(22(16)28-23(27-21)35-5)10-8-24-19(30)7-6-15-12-17(32-2)20(34-4)18(13-15)33-3/h6-7,12-14H,8-11H2,1-5H3,(H,24,30)(H,25,27,28). The third-order valence-corrected chi connectivity index (χ3v) is 5.54. The van der Waals surface area contributed by atoms with Gasteiger partial charge in [0.05, 0.1) is 46.1 Å². The number of methoxy groups -OCH3 is 4. The van der Waals surface area contributed by atoms with E-state index in [0.717, 1.165) is 10.9 Å². The molecule has 0 unspecified atom stereocenters. The average Bonchev–Trinajstić information content (AvgIpc) is 3.29. The van der Waals surface area contributed by atoms with E-state index in [1.807, 2.05) is 6.26 Å². The van der Waals surface area contributed by atoms with E-state index in [-0.39, 0.29) is 5.91 Å². The Kier molecular flexibility index (Phi) is 9.56. The number of benzene rings is 1. The Balaban J connectivity index is 1.65. The van der Waals surface area contributed by atoms with E-state index < -0.39 is 0 Å². The molecule has 1 amide bonds. The largest absolute Gasteiger partial charge is 0.493 e. The first kappa shape index (κ1) is 26.1. The number of nitrogens with zero attached hydrogens (tertiary/aromatic N) is 4. The van der Waals surface area contributed by atoms with E-state index in [1.54, 1.807) is 57.5 Å². The Morgan fingerprint density at radius 1 is 1.09 bits per heavy atom. The Morgan fingerprint density at radius 3 is 2.46 bits per heavy atom. The fourth-order valence-corrected chi connectivity index (χ4v) is 3.67. The summed E-state index contributed by atoms with van der Waals surface area (Å²) in [6, 6.07) is 3.53. The van der Waals surface area contributed by atoms with Crippen molar-refractivity contribution < 1.29 is 23.7 Å². The highest BCUT2D eigenvalue weighted by Gasteiger charge is 2.14. The van der Waals surface area contributed by atoms with Gasteiger partial charge in [0.15, 0.2) is 22.3 Å². The van der Waals surface area contributed by atoms with Crippen molar-refractivity contribution >= 4 is 40.6 Å². The maximum atomic E-state index is 12.4. The van der Waals surface area contributed by atoms with Gasteiger partial charge in [0, 0.05) is 26.3 Å². The molecule has 0 bridgehead atoms. The van der Waals surface area contributed by atoms with E-state index in [9.17, 15) is 4.79 Å². The predicted molar refractivity (Wildman–Crippen MR) is 136 cm³/mol. The summed E-state index contributed by atoms with van der Waals surface area (Å²) in [4.78, 5) is 21.5. The number of amides is 1. The highest BCUT2D eigenvalue weighted by Crippen LogP contribution is 2.38. The van der Waals surface area contributed by atoms with Gasteiger partial charge < -0.3 is 29.6 Å². The summed E-state index contributed by atoms with van der Waals surface area (Å²) in [7, 11) is 6.28. The molecule has 11 nitrogen and oxygen atoms in total. The number of hydrogen-bond donors (Lipinski definition) is 2. The predicted octanol–water partition coefficient (Wildman–Crippen LogP) is 2.46. The molecule has 3 aromatic rings. The molecule has 0 aliphatic carbocycles. The van der Waals surface area contributed by atoms with Crippen LogP contribution in [-0.4, -0.2) is 80.0 Å². The molecule has 0 radical (unpaired) electrons. The van der Waals surface area contributed by atoms with Gasteiger partial charge in [-0.3, -0.25) is 4.79 Å². The Bertz CT molecular complexity index is 1160. The van der Waals surface area contributed by atoms with E-state index in [4.69, 9.17) is 18.9 Å². The van der Waals surface area contributed by atoms with Crippen molar-refractivity contribution in [3.8, 4) is 17.2 Å². The third-order valence-electron chi connectivity index (χ3n) is 4.99. The van der Waals surface area contributed by atoms with Crippen LogP contribution in [0.3, 0.4) is 0 Å². The molecule has 12 heteroatoms. The van der Waals surface area contributed by atoms with Crippen LogP contribution < -0.4 is 24.8 Å². The smallest absolute Gasteiger partial charge is 0.244 e. The fraction of sp³-hybridized carbons (Fsp3) is 0.391. The van der Waals surface area contributed by atoms with E-state index >= 15 is 0 Å². The number of ether oxygens (including phenoxy) is 4. The van der Waals surface area contributed by atoms with Crippen molar-refractivity contribution in [1.29, 1.82) is 0 Å². The second-order valence-electron chi connectivity index (χ2n) is 7.17. The van der Waals surface area contributed by atoms with Gasteiger partial charge in [0.1, 0.15) is 5.82 Å². The van der Waals surface area contributed by atoms with Crippen molar-refractivity contribution in [3.63, 3.8) is 0 Å². The quantitative estimate of drug-likeness (QED) is 0.156. The van der Waals surface area contributed by atoms with Gasteiger partial charge in [-0.25, -0.2) is 14.6 Å². The lowest BCUT2D eigenvalue weighted by Gasteiger charge is -2.12. The number of hydrogen-bond acceptors (Lipinski definition) is 10. The van der Waals surface area contributed by atoms with Crippen molar-refractivity contribution in [2.45, 2.75) is 11.7 Å². The fourth-order valence-electron chi connectivity index (χ4n) is 3.31. The number of carbonyl (C=O) groups is 1. The molecule has 2 N–H and O–H groups in total. The first-order chi connectivity index (χ1) is 17.0. The van der Waals surface area contributed by atoms with Crippen molar-refractivity contribution in [1.82, 2.24) is 25.1 Å². The normalized spacial score (nSPS) is 11.1. The summed E-state index contributed by atoms with van der Waals surface area (Å²) in [5, 5.41) is 12.0. The zero-order valence-electron chi connectivity index (χ0n) is 20.5. The summed E-state index contributed by atoms with van der Waals surface area (Å²) < 4.78 is 22.9. The van der Waals surface area contributed by atoms with Crippen LogP contribution in [0.5, 0.6) is 17.2 Å². The van der Waals surface area contributed by atoms with E-state index in [2.05, 4.69) is 25.7 Å². The molecule has 3 rings (SSSR count). The molecule has 2 heterocycles. The lowest BCUT2D eigenvalue weighted by Crippen LogP contribution is -2.25. The van der Waals surface area contributed by atoms with Gasteiger partial charge >= 0.3 is 0 Å². The number of fused-ring (bicyclic) bond motifs is 1.